The second-order valence-electron chi connectivity index (χ2n) is 6.84. The summed E-state index contributed by atoms with van der Waals surface area (Å²) < 4.78 is 1.01. The van der Waals surface area contributed by atoms with Crippen LogP contribution < -0.4 is 9.80 Å². The van der Waals surface area contributed by atoms with Gasteiger partial charge in [-0.2, -0.15) is 0 Å². The molecule has 8 heteroatoms. The highest BCUT2D eigenvalue weighted by Crippen LogP contribution is 2.31. The van der Waals surface area contributed by atoms with Crippen molar-refractivity contribution in [3.63, 3.8) is 0 Å². The van der Waals surface area contributed by atoms with Crippen LogP contribution in [0.4, 0.5) is 10.8 Å². The monoisotopic (exact) mass is 399 g/mol. The number of thiazole rings is 1. The molecule has 1 heterocycles. The number of fused-ring (bicyclic) bond motifs is 1. The van der Waals surface area contributed by atoms with Gasteiger partial charge in [-0.05, 0) is 30.2 Å². The number of carbonyl (C=O) groups excluding carboxylic acids is 1. The lowest BCUT2D eigenvalue weighted by Gasteiger charge is -2.20. The molecule has 0 saturated carbocycles. The molecule has 0 atom stereocenters. The van der Waals surface area contributed by atoms with Crippen LogP contribution in [-0.2, 0) is 6.42 Å². The van der Waals surface area contributed by atoms with Crippen molar-refractivity contribution in [2.24, 2.45) is 0 Å². The molecule has 0 aliphatic heterocycles. The summed E-state index contributed by atoms with van der Waals surface area (Å²) >= 11 is 1.44. The van der Waals surface area contributed by atoms with Crippen LogP contribution in [0.3, 0.4) is 0 Å². The van der Waals surface area contributed by atoms with Crippen molar-refractivity contribution in [2.75, 3.05) is 32.1 Å². The van der Waals surface area contributed by atoms with Crippen LogP contribution in [0.2, 0.25) is 0 Å². The number of aromatic nitrogens is 1. The van der Waals surface area contributed by atoms with Crippen molar-refractivity contribution in [3.8, 4) is 0 Å². The highest BCUT2D eigenvalue weighted by molar-refractivity contribution is 7.22. The average Bonchev–Trinajstić information content (AvgIpc) is 3.10. The zero-order valence-electron chi connectivity index (χ0n) is 16.1. The number of carbonyl (C=O) groups is 1. The lowest BCUT2D eigenvalue weighted by atomic mass is 10.1. The van der Waals surface area contributed by atoms with Gasteiger partial charge < -0.3 is 4.90 Å². The van der Waals surface area contributed by atoms with E-state index in [9.17, 15) is 14.9 Å². The molecular formula is C20H23N4O3S+. The fourth-order valence-electron chi connectivity index (χ4n) is 2.87. The summed E-state index contributed by atoms with van der Waals surface area (Å²) in [5.41, 5.74) is 1.92. The Hall–Kier alpha value is -2.84. The molecule has 0 aliphatic carbocycles. The molecule has 0 unspecified atom stereocenters. The number of nitro benzene ring substituents is 1. The smallest absolute Gasteiger partial charge is 0.282 e. The topological polar surface area (TPSA) is 80.8 Å². The number of likely N-dealkylation sites (N-methyl/N-ethyl adjacent to an activating group) is 1. The number of amides is 1. The number of hydrogen-bond donors (Lipinski definition) is 1. The van der Waals surface area contributed by atoms with Crippen molar-refractivity contribution in [2.45, 2.75) is 13.3 Å². The second kappa shape index (κ2) is 8.45. The van der Waals surface area contributed by atoms with Crippen LogP contribution in [0, 0.1) is 10.1 Å². The van der Waals surface area contributed by atoms with Gasteiger partial charge in [0.25, 0.3) is 11.6 Å². The molecule has 28 heavy (non-hydrogen) atoms. The molecule has 1 amide bonds. The summed E-state index contributed by atoms with van der Waals surface area (Å²) in [5.74, 6) is -0.400. The minimum absolute atomic E-state index is 0.0785. The molecule has 1 N–H and O–H groups in total. The Morgan fingerprint density at radius 1 is 1.25 bits per heavy atom. The molecule has 0 saturated heterocycles. The van der Waals surface area contributed by atoms with E-state index in [1.165, 1.54) is 33.9 Å². The third-order valence-corrected chi connectivity index (χ3v) is 5.53. The van der Waals surface area contributed by atoms with Crippen LogP contribution in [0.1, 0.15) is 22.8 Å². The van der Waals surface area contributed by atoms with Gasteiger partial charge in [0.1, 0.15) is 5.56 Å². The lowest BCUT2D eigenvalue weighted by Crippen LogP contribution is -3.06. The highest BCUT2D eigenvalue weighted by atomic mass is 32.1. The van der Waals surface area contributed by atoms with E-state index in [1.807, 2.05) is 26.2 Å². The SMILES string of the molecule is CCc1ccc2nc(N(CC[NH+](C)C)C(=O)c3ccccc3[N+](=O)[O-])sc2c1. The first kappa shape index (κ1) is 19.9. The van der Waals surface area contributed by atoms with Gasteiger partial charge in [0.15, 0.2) is 5.13 Å². The summed E-state index contributed by atoms with van der Waals surface area (Å²) in [6.45, 7) is 3.21. The summed E-state index contributed by atoms with van der Waals surface area (Å²) in [5, 5.41) is 11.9. The molecular weight excluding hydrogens is 376 g/mol. The van der Waals surface area contributed by atoms with Gasteiger partial charge in [0.2, 0.25) is 0 Å². The number of aryl methyl sites for hydroxylation is 1. The quantitative estimate of drug-likeness (QED) is 0.489. The maximum Gasteiger partial charge on any atom is 0.282 e. The van der Waals surface area contributed by atoms with E-state index in [4.69, 9.17) is 0 Å². The number of nitrogens with one attached hydrogen (secondary N) is 1. The number of nitro groups is 1. The molecule has 3 rings (SSSR count). The Labute approximate surface area is 167 Å². The van der Waals surface area contributed by atoms with Gasteiger partial charge in [-0.15, -0.1) is 0 Å². The average molecular weight is 399 g/mol. The van der Waals surface area contributed by atoms with E-state index < -0.39 is 10.8 Å². The van der Waals surface area contributed by atoms with Gasteiger partial charge in [0, 0.05) is 6.07 Å². The van der Waals surface area contributed by atoms with Crippen molar-refractivity contribution in [3.05, 3.63) is 63.7 Å². The third kappa shape index (κ3) is 4.18. The molecule has 0 aliphatic rings. The van der Waals surface area contributed by atoms with Gasteiger partial charge in [-0.25, -0.2) is 4.98 Å². The van der Waals surface area contributed by atoms with Gasteiger partial charge in [-0.3, -0.25) is 19.8 Å². The van der Waals surface area contributed by atoms with E-state index in [0.29, 0.717) is 18.2 Å². The summed E-state index contributed by atoms with van der Waals surface area (Å²) in [4.78, 5) is 31.5. The molecule has 0 radical (unpaired) electrons. The van der Waals surface area contributed by atoms with Crippen molar-refractivity contribution in [1.29, 1.82) is 0 Å². The standard InChI is InChI=1S/C20H22N4O3S/c1-4-14-9-10-16-18(13-14)28-20(21-16)23(12-11-22(2)3)19(25)15-7-5-6-8-17(15)24(26)27/h5-10,13H,4,11-12H2,1-3H3/p+1. The Morgan fingerprint density at radius 3 is 2.68 bits per heavy atom. The lowest BCUT2D eigenvalue weighted by molar-refractivity contribution is -0.856. The zero-order valence-corrected chi connectivity index (χ0v) is 17.0. The van der Waals surface area contributed by atoms with E-state index >= 15 is 0 Å². The predicted molar refractivity (Wildman–Crippen MR) is 111 cm³/mol. The first-order valence-electron chi connectivity index (χ1n) is 9.14. The third-order valence-electron chi connectivity index (χ3n) is 4.49. The normalized spacial score (nSPS) is 11.1. The van der Waals surface area contributed by atoms with Gasteiger partial charge in [-0.1, -0.05) is 36.5 Å². The Balaban J connectivity index is 2.04. The van der Waals surface area contributed by atoms with E-state index in [2.05, 4.69) is 18.0 Å². The Kier molecular flexibility index (Phi) is 6.01. The molecule has 0 fully saturated rings. The molecule has 2 aromatic carbocycles. The van der Waals surface area contributed by atoms with E-state index in [-0.39, 0.29) is 11.3 Å². The minimum Gasteiger partial charge on any atom is -0.338 e. The summed E-state index contributed by atoms with van der Waals surface area (Å²) in [6.07, 6.45) is 0.923. The number of quaternary nitrogens is 1. The maximum absolute atomic E-state index is 13.3. The van der Waals surface area contributed by atoms with Gasteiger partial charge >= 0.3 is 0 Å². The maximum atomic E-state index is 13.3. The van der Waals surface area contributed by atoms with Crippen molar-refractivity contribution < 1.29 is 14.6 Å². The largest absolute Gasteiger partial charge is 0.338 e. The fourth-order valence-corrected chi connectivity index (χ4v) is 3.92. The van der Waals surface area contributed by atoms with Crippen LogP contribution in [0.25, 0.3) is 10.2 Å². The summed E-state index contributed by atoms with van der Waals surface area (Å²) in [6, 6.07) is 12.1. The number of benzene rings is 2. The molecule has 0 bridgehead atoms. The molecule has 7 nitrogen and oxygen atoms in total. The first-order chi connectivity index (χ1) is 13.4. The minimum atomic E-state index is -0.519. The second-order valence-corrected chi connectivity index (χ2v) is 7.85. The predicted octanol–water partition coefficient (Wildman–Crippen LogP) is 2.56. The Bertz CT molecular complexity index is 1020. The number of hydrogen-bond acceptors (Lipinski definition) is 5. The van der Waals surface area contributed by atoms with E-state index in [0.717, 1.165) is 16.6 Å². The molecule has 146 valence electrons. The van der Waals surface area contributed by atoms with Crippen LogP contribution >= 0.6 is 11.3 Å². The van der Waals surface area contributed by atoms with E-state index in [1.54, 1.807) is 17.0 Å². The van der Waals surface area contributed by atoms with Crippen LogP contribution in [0.15, 0.2) is 42.5 Å². The number of anilines is 1. The zero-order chi connectivity index (χ0) is 20.3. The van der Waals surface area contributed by atoms with Gasteiger partial charge in [0.05, 0.1) is 42.3 Å². The van der Waals surface area contributed by atoms with Crippen molar-refractivity contribution in [1.82, 2.24) is 4.98 Å². The highest BCUT2D eigenvalue weighted by Gasteiger charge is 2.27. The number of rotatable bonds is 7. The first-order valence-corrected chi connectivity index (χ1v) is 9.96. The number of para-hydroxylation sites is 1. The molecule has 1 aromatic heterocycles. The number of nitrogens with zero attached hydrogens (tertiary/aromatic N) is 3. The summed E-state index contributed by atoms with van der Waals surface area (Å²) in [7, 11) is 4.00. The fraction of sp³-hybridized carbons (Fsp3) is 0.300. The molecule has 3 aromatic rings. The van der Waals surface area contributed by atoms with Crippen molar-refractivity contribution >= 4 is 38.3 Å². The van der Waals surface area contributed by atoms with Crippen LogP contribution in [0.5, 0.6) is 0 Å². The van der Waals surface area contributed by atoms with Crippen LogP contribution in [-0.4, -0.2) is 43.0 Å². The molecule has 0 spiro atoms. The Morgan fingerprint density at radius 2 is 2.00 bits per heavy atom.